The van der Waals surface area contributed by atoms with Crippen molar-refractivity contribution in [2.45, 2.75) is 31.8 Å². The minimum atomic E-state index is 0.154. The third-order valence-electron chi connectivity index (χ3n) is 4.15. The molecule has 1 aromatic rings. The zero-order valence-electron chi connectivity index (χ0n) is 11.1. The fourth-order valence-electron chi connectivity index (χ4n) is 2.88. The van der Waals surface area contributed by atoms with Gasteiger partial charge in [-0.1, -0.05) is 17.7 Å². The van der Waals surface area contributed by atoms with Crippen LogP contribution in [-0.4, -0.2) is 35.7 Å². The zero-order valence-corrected chi connectivity index (χ0v) is 11.9. The van der Waals surface area contributed by atoms with E-state index in [4.69, 9.17) is 11.6 Å². The van der Waals surface area contributed by atoms with Crippen LogP contribution in [0.1, 0.15) is 24.8 Å². The van der Waals surface area contributed by atoms with Gasteiger partial charge in [0.15, 0.2) is 0 Å². The highest BCUT2D eigenvalue weighted by molar-refractivity contribution is 6.32. The van der Waals surface area contributed by atoms with Gasteiger partial charge in [0, 0.05) is 19.1 Å². The molecule has 1 atom stereocenters. The summed E-state index contributed by atoms with van der Waals surface area (Å²) in [5.41, 5.74) is 1.12. The van der Waals surface area contributed by atoms with Gasteiger partial charge in [0.2, 0.25) is 0 Å². The van der Waals surface area contributed by atoms with Crippen molar-refractivity contribution < 1.29 is 5.11 Å². The predicted molar refractivity (Wildman–Crippen MR) is 77.5 cm³/mol. The Balaban J connectivity index is 1.41. The Morgan fingerprint density at radius 3 is 2.89 bits per heavy atom. The van der Waals surface area contributed by atoms with Gasteiger partial charge in [-0.3, -0.25) is 0 Å². The smallest absolute Gasteiger partial charge is 0.134 e. The molecule has 1 aliphatic carbocycles. The third-order valence-corrected chi connectivity index (χ3v) is 4.46. The van der Waals surface area contributed by atoms with E-state index in [1.807, 2.05) is 12.1 Å². The van der Waals surface area contributed by atoms with E-state index >= 15 is 0 Å². The van der Waals surface area contributed by atoms with Gasteiger partial charge in [0.25, 0.3) is 0 Å². The van der Waals surface area contributed by atoms with Gasteiger partial charge in [-0.25, -0.2) is 0 Å². The summed E-state index contributed by atoms with van der Waals surface area (Å²) >= 11 is 5.90. The van der Waals surface area contributed by atoms with Crippen molar-refractivity contribution in [3.63, 3.8) is 0 Å². The summed E-state index contributed by atoms with van der Waals surface area (Å²) in [7, 11) is 0. The van der Waals surface area contributed by atoms with E-state index in [9.17, 15) is 5.11 Å². The molecule has 19 heavy (non-hydrogen) atoms. The summed E-state index contributed by atoms with van der Waals surface area (Å²) < 4.78 is 0. The SMILES string of the molecule is Oc1ccc(CNCC2CCN(C3CC3)C2)cc1Cl. The first-order valence-electron chi connectivity index (χ1n) is 7.14. The number of hydrogen-bond acceptors (Lipinski definition) is 3. The van der Waals surface area contributed by atoms with Gasteiger partial charge in [-0.15, -0.1) is 0 Å². The molecule has 3 nitrogen and oxygen atoms in total. The summed E-state index contributed by atoms with van der Waals surface area (Å²) in [4.78, 5) is 2.64. The van der Waals surface area contributed by atoms with Gasteiger partial charge in [0.1, 0.15) is 5.75 Å². The summed E-state index contributed by atoms with van der Waals surface area (Å²) in [5.74, 6) is 0.939. The molecular formula is C15H21ClN2O. The van der Waals surface area contributed by atoms with Crippen LogP contribution in [0, 0.1) is 5.92 Å². The Bertz CT molecular complexity index is 448. The second-order valence-electron chi connectivity index (χ2n) is 5.80. The largest absolute Gasteiger partial charge is 0.506 e. The number of aromatic hydroxyl groups is 1. The van der Waals surface area contributed by atoms with Crippen molar-refractivity contribution in [1.82, 2.24) is 10.2 Å². The average Bonchev–Trinajstić information content (AvgIpc) is 3.14. The maximum Gasteiger partial charge on any atom is 0.134 e. The molecule has 0 spiro atoms. The lowest BCUT2D eigenvalue weighted by molar-refractivity contribution is 0.312. The Hall–Kier alpha value is -0.770. The summed E-state index contributed by atoms with van der Waals surface area (Å²) in [6.07, 6.45) is 4.14. The number of halogens is 1. The molecule has 2 fully saturated rings. The van der Waals surface area contributed by atoms with Gasteiger partial charge in [0.05, 0.1) is 5.02 Å². The molecule has 1 unspecified atom stereocenters. The van der Waals surface area contributed by atoms with Gasteiger partial charge >= 0.3 is 0 Å². The van der Waals surface area contributed by atoms with Crippen LogP contribution >= 0.6 is 11.6 Å². The lowest BCUT2D eigenvalue weighted by Crippen LogP contribution is -2.27. The van der Waals surface area contributed by atoms with Crippen molar-refractivity contribution in [1.29, 1.82) is 0 Å². The number of hydrogen-bond donors (Lipinski definition) is 2. The van der Waals surface area contributed by atoms with Gasteiger partial charge < -0.3 is 15.3 Å². The molecule has 1 saturated carbocycles. The topological polar surface area (TPSA) is 35.5 Å². The first-order valence-corrected chi connectivity index (χ1v) is 7.52. The minimum absolute atomic E-state index is 0.154. The molecule has 1 aliphatic heterocycles. The maximum absolute atomic E-state index is 9.37. The first-order chi connectivity index (χ1) is 9.22. The van der Waals surface area contributed by atoms with Gasteiger partial charge in [-0.05, 0) is 56.0 Å². The molecule has 104 valence electrons. The third kappa shape index (κ3) is 3.41. The molecular weight excluding hydrogens is 260 g/mol. The number of phenolic OH excluding ortho intramolecular Hbond substituents is 1. The number of benzene rings is 1. The van der Waals surface area contributed by atoms with Gasteiger partial charge in [-0.2, -0.15) is 0 Å². The molecule has 1 aromatic carbocycles. The highest BCUT2D eigenvalue weighted by Gasteiger charge is 2.33. The number of nitrogens with zero attached hydrogens (tertiary/aromatic N) is 1. The monoisotopic (exact) mass is 280 g/mol. The molecule has 2 N–H and O–H groups in total. The second kappa shape index (κ2) is 5.70. The molecule has 0 amide bonds. The highest BCUT2D eigenvalue weighted by Crippen LogP contribution is 2.31. The Kier molecular flexibility index (Phi) is 3.96. The van der Waals surface area contributed by atoms with Crippen LogP contribution in [0.2, 0.25) is 5.02 Å². The van der Waals surface area contributed by atoms with Crippen LogP contribution in [0.25, 0.3) is 0 Å². The van der Waals surface area contributed by atoms with Crippen LogP contribution in [0.3, 0.4) is 0 Å². The van der Waals surface area contributed by atoms with Crippen molar-refractivity contribution in [2.24, 2.45) is 5.92 Å². The lowest BCUT2D eigenvalue weighted by atomic mass is 10.1. The Labute approximate surface area is 119 Å². The van der Waals surface area contributed by atoms with E-state index < -0.39 is 0 Å². The summed E-state index contributed by atoms with van der Waals surface area (Å²) in [6.45, 7) is 4.43. The Morgan fingerprint density at radius 2 is 2.16 bits per heavy atom. The minimum Gasteiger partial charge on any atom is -0.506 e. The van der Waals surface area contributed by atoms with E-state index in [-0.39, 0.29) is 5.75 Å². The van der Waals surface area contributed by atoms with E-state index in [1.165, 1.54) is 32.4 Å². The number of nitrogens with one attached hydrogen (secondary N) is 1. The van der Waals surface area contributed by atoms with Crippen molar-refractivity contribution in [3.8, 4) is 5.75 Å². The van der Waals surface area contributed by atoms with Crippen LogP contribution in [0.5, 0.6) is 5.75 Å². The van der Waals surface area contributed by atoms with E-state index in [0.29, 0.717) is 5.02 Å². The molecule has 0 bridgehead atoms. The zero-order chi connectivity index (χ0) is 13.2. The fraction of sp³-hybridized carbons (Fsp3) is 0.600. The van der Waals surface area contributed by atoms with Crippen molar-refractivity contribution in [2.75, 3.05) is 19.6 Å². The predicted octanol–water partition coefficient (Wildman–Crippen LogP) is 2.62. The number of rotatable bonds is 5. The molecule has 1 heterocycles. The lowest BCUT2D eigenvalue weighted by Gasteiger charge is -2.15. The van der Waals surface area contributed by atoms with Crippen molar-refractivity contribution >= 4 is 11.6 Å². The normalized spacial score (nSPS) is 23.9. The first kappa shape index (κ1) is 13.2. The van der Waals surface area contributed by atoms with E-state index in [1.54, 1.807) is 6.07 Å². The average molecular weight is 281 g/mol. The van der Waals surface area contributed by atoms with Crippen LogP contribution < -0.4 is 5.32 Å². The second-order valence-corrected chi connectivity index (χ2v) is 6.20. The van der Waals surface area contributed by atoms with Crippen molar-refractivity contribution in [3.05, 3.63) is 28.8 Å². The maximum atomic E-state index is 9.37. The molecule has 4 heteroatoms. The molecule has 3 rings (SSSR count). The van der Waals surface area contributed by atoms with Crippen LogP contribution in [-0.2, 0) is 6.54 Å². The molecule has 0 aromatic heterocycles. The highest BCUT2D eigenvalue weighted by atomic mass is 35.5. The van der Waals surface area contributed by atoms with Crippen LogP contribution in [0.15, 0.2) is 18.2 Å². The standard InChI is InChI=1S/C15H21ClN2O/c16-14-7-11(1-4-15(14)19)8-17-9-12-5-6-18(10-12)13-2-3-13/h1,4,7,12-13,17,19H,2-3,5-6,8-10H2. The van der Waals surface area contributed by atoms with E-state index in [2.05, 4.69) is 10.2 Å². The molecule has 1 saturated heterocycles. The molecule has 0 radical (unpaired) electrons. The van der Waals surface area contributed by atoms with E-state index in [0.717, 1.165) is 30.6 Å². The number of phenols is 1. The van der Waals surface area contributed by atoms with Crippen LogP contribution in [0.4, 0.5) is 0 Å². The Morgan fingerprint density at radius 1 is 1.32 bits per heavy atom. The summed E-state index contributed by atoms with van der Waals surface area (Å²) in [5, 5.41) is 13.3. The fourth-order valence-corrected chi connectivity index (χ4v) is 3.08. The number of likely N-dealkylation sites (tertiary alicyclic amines) is 1. The quantitative estimate of drug-likeness (QED) is 0.870. The molecule has 2 aliphatic rings. The summed E-state index contributed by atoms with van der Waals surface area (Å²) in [6, 6.07) is 6.30.